The average Bonchev–Trinajstić information content (AvgIpc) is 2.46. The van der Waals surface area contributed by atoms with Gasteiger partial charge in [-0.2, -0.15) is 0 Å². The first-order valence-electron chi connectivity index (χ1n) is 6.51. The molecule has 0 saturated carbocycles. The number of pyridine rings is 1. The van der Waals surface area contributed by atoms with Crippen LogP contribution in [-0.2, 0) is 6.54 Å². The Labute approximate surface area is 118 Å². The van der Waals surface area contributed by atoms with E-state index in [0.29, 0.717) is 18.8 Å². The molecule has 1 heterocycles. The van der Waals surface area contributed by atoms with E-state index in [1.54, 1.807) is 18.3 Å². The second-order valence-electron chi connectivity index (χ2n) is 4.58. The molecule has 0 saturated heterocycles. The zero-order valence-corrected chi connectivity index (χ0v) is 11.6. The van der Waals surface area contributed by atoms with Crippen molar-refractivity contribution in [1.29, 1.82) is 0 Å². The first-order valence-corrected chi connectivity index (χ1v) is 6.51. The lowest BCUT2D eigenvalue weighted by molar-refractivity contribution is -0.384. The lowest BCUT2D eigenvalue weighted by Gasteiger charge is -2.22. The summed E-state index contributed by atoms with van der Waals surface area (Å²) in [6.07, 6.45) is 1.73. The number of nitro benzene ring substituents is 1. The topological polar surface area (TPSA) is 59.3 Å². The van der Waals surface area contributed by atoms with Crippen LogP contribution in [0.15, 0.2) is 42.6 Å². The summed E-state index contributed by atoms with van der Waals surface area (Å²) in [6.45, 7) is 5.07. The van der Waals surface area contributed by atoms with Crippen molar-refractivity contribution in [3.05, 3.63) is 64.0 Å². The van der Waals surface area contributed by atoms with Gasteiger partial charge in [0.25, 0.3) is 5.69 Å². The fourth-order valence-corrected chi connectivity index (χ4v) is 2.10. The Morgan fingerprint density at radius 2 is 2.10 bits per heavy atom. The van der Waals surface area contributed by atoms with Gasteiger partial charge in [0.15, 0.2) is 0 Å². The molecule has 0 atom stereocenters. The van der Waals surface area contributed by atoms with Crippen LogP contribution in [0.2, 0.25) is 0 Å². The minimum absolute atomic E-state index is 0.141. The van der Waals surface area contributed by atoms with Crippen LogP contribution in [0.1, 0.15) is 18.2 Å². The summed E-state index contributed by atoms with van der Waals surface area (Å²) in [4.78, 5) is 17.1. The maximum atomic E-state index is 11.2. The van der Waals surface area contributed by atoms with Crippen molar-refractivity contribution in [1.82, 2.24) is 4.98 Å². The van der Waals surface area contributed by atoms with Crippen LogP contribution < -0.4 is 4.90 Å². The number of nitro groups is 1. The quantitative estimate of drug-likeness (QED) is 0.618. The maximum Gasteiger partial charge on any atom is 0.292 e. The summed E-state index contributed by atoms with van der Waals surface area (Å²) in [5.74, 6) is 0. The Morgan fingerprint density at radius 3 is 2.70 bits per heavy atom. The number of nitrogens with zero attached hydrogens (tertiary/aromatic N) is 3. The molecule has 0 fully saturated rings. The lowest BCUT2D eigenvalue weighted by Crippen LogP contribution is -2.23. The molecule has 0 aliphatic heterocycles. The molecular formula is C15H17N3O2. The highest BCUT2D eigenvalue weighted by molar-refractivity contribution is 5.64. The Bertz CT molecular complexity index is 599. The van der Waals surface area contributed by atoms with Crippen molar-refractivity contribution in [3.63, 3.8) is 0 Å². The molecule has 0 aliphatic carbocycles. The van der Waals surface area contributed by atoms with Gasteiger partial charge in [-0.05, 0) is 37.6 Å². The molecule has 1 aromatic carbocycles. The van der Waals surface area contributed by atoms with E-state index in [-0.39, 0.29) is 10.6 Å². The van der Waals surface area contributed by atoms with Gasteiger partial charge in [-0.1, -0.05) is 12.1 Å². The monoisotopic (exact) mass is 271 g/mol. The number of rotatable bonds is 5. The summed E-state index contributed by atoms with van der Waals surface area (Å²) in [6, 6.07) is 11.0. The molecule has 2 aromatic rings. The first kappa shape index (κ1) is 14.0. The third-order valence-corrected chi connectivity index (χ3v) is 3.13. The molecule has 5 heteroatoms. The van der Waals surface area contributed by atoms with Crippen LogP contribution in [0.3, 0.4) is 0 Å². The first-order chi connectivity index (χ1) is 9.61. The second-order valence-corrected chi connectivity index (χ2v) is 4.58. The molecule has 1 aromatic heterocycles. The Morgan fingerprint density at radius 1 is 1.30 bits per heavy atom. The molecule has 5 nitrogen and oxygen atoms in total. The second kappa shape index (κ2) is 6.14. The van der Waals surface area contributed by atoms with Gasteiger partial charge in [-0.3, -0.25) is 15.1 Å². The van der Waals surface area contributed by atoms with Crippen molar-refractivity contribution >= 4 is 11.4 Å². The van der Waals surface area contributed by atoms with Crippen molar-refractivity contribution in [3.8, 4) is 0 Å². The van der Waals surface area contributed by atoms with Gasteiger partial charge in [0.2, 0.25) is 0 Å². The summed E-state index contributed by atoms with van der Waals surface area (Å²) < 4.78 is 0. The standard InChI is InChI=1S/C15H17N3O2/c1-3-17(11-13-6-4-5-9-16-13)14-8-7-12(2)10-15(14)18(19)20/h4-10H,3,11H2,1-2H3. The maximum absolute atomic E-state index is 11.2. The zero-order chi connectivity index (χ0) is 14.5. The predicted octanol–water partition coefficient (Wildman–Crippen LogP) is 3.32. The van der Waals surface area contributed by atoms with E-state index in [4.69, 9.17) is 0 Å². The van der Waals surface area contributed by atoms with E-state index < -0.39 is 0 Å². The van der Waals surface area contributed by atoms with Gasteiger partial charge in [-0.15, -0.1) is 0 Å². The van der Waals surface area contributed by atoms with Crippen LogP contribution in [0.5, 0.6) is 0 Å². The molecule has 2 rings (SSSR count). The van der Waals surface area contributed by atoms with Crippen LogP contribution in [0.4, 0.5) is 11.4 Å². The molecule has 0 bridgehead atoms. The number of aryl methyl sites for hydroxylation is 1. The van der Waals surface area contributed by atoms with Gasteiger partial charge in [0, 0.05) is 18.8 Å². The van der Waals surface area contributed by atoms with Crippen LogP contribution in [-0.4, -0.2) is 16.5 Å². The highest BCUT2D eigenvalue weighted by Gasteiger charge is 2.19. The fraction of sp³-hybridized carbons (Fsp3) is 0.267. The van der Waals surface area contributed by atoms with Crippen molar-refractivity contribution in [2.45, 2.75) is 20.4 Å². The number of anilines is 1. The fourth-order valence-electron chi connectivity index (χ4n) is 2.10. The Hall–Kier alpha value is -2.43. The van der Waals surface area contributed by atoms with Gasteiger partial charge in [0.05, 0.1) is 17.2 Å². The molecule has 20 heavy (non-hydrogen) atoms. The summed E-state index contributed by atoms with van der Waals surface area (Å²) in [5, 5.41) is 11.2. The Balaban J connectivity index is 2.34. The SMILES string of the molecule is CCN(Cc1ccccn1)c1ccc(C)cc1[N+](=O)[O-]. The number of hydrogen-bond donors (Lipinski definition) is 0. The van der Waals surface area contributed by atoms with E-state index in [0.717, 1.165) is 11.3 Å². The molecule has 0 amide bonds. The van der Waals surface area contributed by atoms with E-state index in [1.807, 2.05) is 43.0 Å². The third kappa shape index (κ3) is 3.12. The third-order valence-electron chi connectivity index (χ3n) is 3.13. The smallest absolute Gasteiger partial charge is 0.292 e. The molecule has 0 spiro atoms. The zero-order valence-electron chi connectivity index (χ0n) is 11.6. The largest absolute Gasteiger partial charge is 0.360 e. The van der Waals surface area contributed by atoms with Gasteiger partial charge >= 0.3 is 0 Å². The highest BCUT2D eigenvalue weighted by Crippen LogP contribution is 2.29. The van der Waals surface area contributed by atoms with Gasteiger partial charge in [0.1, 0.15) is 5.69 Å². The summed E-state index contributed by atoms with van der Waals surface area (Å²) in [5.41, 5.74) is 2.55. The molecule has 0 radical (unpaired) electrons. The van der Waals surface area contributed by atoms with Gasteiger partial charge in [-0.25, -0.2) is 0 Å². The normalized spacial score (nSPS) is 10.3. The van der Waals surface area contributed by atoms with Crippen LogP contribution >= 0.6 is 0 Å². The van der Waals surface area contributed by atoms with E-state index >= 15 is 0 Å². The minimum Gasteiger partial charge on any atom is -0.360 e. The summed E-state index contributed by atoms with van der Waals surface area (Å²) >= 11 is 0. The van der Waals surface area contributed by atoms with Crippen molar-refractivity contribution in [2.24, 2.45) is 0 Å². The number of hydrogen-bond acceptors (Lipinski definition) is 4. The molecule has 0 unspecified atom stereocenters. The van der Waals surface area contributed by atoms with Gasteiger partial charge < -0.3 is 4.90 Å². The van der Waals surface area contributed by atoms with Crippen molar-refractivity contribution in [2.75, 3.05) is 11.4 Å². The molecule has 0 aliphatic rings. The minimum atomic E-state index is -0.330. The lowest BCUT2D eigenvalue weighted by atomic mass is 10.1. The summed E-state index contributed by atoms with van der Waals surface area (Å²) in [7, 11) is 0. The number of benzene rings is 1. The molecular weight excluding hydrogens is 254 g/mol. The van der Waals surface area contributed by atoms with E-state index in [2.05, 4.69) is 4.98 Å². The predicted molar refractivity (Wildman–Crippen MR) is 78.8 cm³/mol. The average molecular weight is 271 g/mol. The van der Waals surface area contributed by atoms with Crippen molar-refractivity contribution < 1.29 is 4.92 Å². The van der Waals surface area contributed by atoms with E-state index in [9.17, 15) is 10.1 Å². The number of aromatic nitrogens is 1. The van der Waals surface area contributed by atoms with Crippen LogP contribution in [0, 0.1) is 17.0 Å². The highest BCUT2D eigenvalue weighted by atomic mass is 16.6. The van der Waals surface area contributed by atoms with Crippen LogP contribution in [0.25, 0.3) is 0 Å². The molecule has 0 N–H and O–H groups in total. The molecule has 104 valence electrons. The Kier molecular flexibility index (Phi) is 4.30. The van der Waals surface area contributed by atoms with E-state index in [1.165, 1.54) is 0 Å².